The highest BCUT2D eigenvalue weighted by Gasteiger charge is 2.38. The SMILES string of the molecule is CC(C)(C)OC(=O)N[C@H]1CCC[C@](O)(Cc2nc(C(C)(F)F)no2)C1. The Kier molecular flexibility index (Phi) is 5.36. The number of aromatic nitrogens is 2. The zero-order valence-corrected chi connectivity index (χ0v) is 14.9. The first kappa shape index (κ1) is 19.6. The summed E-state index contributed by atoms with van der Waals surface area (Å²) in [6, 6.07) is -0.274. The number of nitrogens with one attached hydrogen (secondary N) is 1. The van der Waals surface area contributed by atoms with Gasteiger partial charge in [-0.3, -0.25) is 0 Å². The van der Waals surface area contributed by atoms with E-state index in [0.29, 0.717) is 26.2 Å². The Bertz CT molecular complexity index is 609. The van der Waals surface area contributed by atoms with Gasteiger partial charge < -0.3 is 19.7 Å². The molecule has 1 fully saturated rings. The molecule has 1 aliphatic carbocycles. The van der Waals surface area contributed by atoms with Crippen LogP contribution in [0.1, 0.15) is 65.1 Å². The summed E-state index contributed by atoms with van der Waals surface area (Å²) in [6.07, 6.45) is 1.49. The lowest BCUT2D eigenvalue weighted by molar-refractivity contribution is -0.0149. The molecule has 1 aromatic heterocycles. The Morgan fingerprint density at radius 2 is 2.12 bits per heavy atom. The fourth-order valence-corrected chi connectivity index (χ4v) is 2.88. The van der Waals surface area contributed by atoms with Crippen molar-refractivity contribution < 1.29 is 27.9 Å². The summed E-state index contributed by atoms with van der Waals surface area (Å²) in [6.45, 7) is 5.97. The highest BCUT2D eigenvalue weighted by molar-refractivity contribution is 5.68. The van der Waals surface area contributed by atoms with E-state index in [0.717, 1.165) is 0 Å². The van der Waals surface area contributed by atoms with Crippen LogP contribution in [0.2, 0.25) is 0 Å². The van der Waals surface area contributed by atoms with Crippen molar-refractivity contribution in [3.63, 3.8) is 0 Å². The molecule has 0 unspecified atom stereocenters. The molecule has 0 saturated heterocycles. The van der Waals surface area contributed by atoms with Gasteiger partial charge in [0, 0.05) is 13.0 Å². The van der Waals surface area contributed by atoms with Crippen LogP contribution in [-0.4, -0.2) is 38.6 Å². The van der Waals surface area contributed by atoms with Crippen LogP contribution in [0.15, 0.2) is 4.52 Å². The zero-order chi connectivity index (χ0) is 18.9. The number of alkyl carbamates (subject to hydrolysis) is 1. The number of aliphatic hydroxyl groups is 1. The number of nitrogens with zero attached hydrogens (tertiary/aromatic N) is 2. The molecule has 2 rings (SSSR count). The second-order valence-electron chi connectivity index (χ2n) is 7.74. The molecular formula is C16H25F2N3O4. The molecule has 2 atom stereocenters. The lowest BCUT2D eigenvalue weighted by Gasteiger charge is -2.36. The number of hydrogen-bond acceptors (Lipinski definition) is 6. The fourth-order valence-electron chi connectivity index (χ4n) is 2.88. The van der Waals surface area contributed by atoms with Gasteiger partial charge >= 0.3 is 12.0 Å². The summed E-state index contributed by atoms with van der Waals surface area (Å²) in [4.78, 5) is 15.5. The molecule has 1 aromatic rings. The number of rotatable bonds is 4. The van der Waals surface area contributed by atoms with E-state index >= 15 is 0 Å². The van der Waals surface area contributed by atoms with Crippen molar-refractivity contribution in [2.75, 3.05) is 0 Å². The van der Waals surface area contributed by atoms with Crippen LogP contribution in [0.3, 0.4) is 0 Å². The lowest BCUT2D eigenvalue weighted by Crippen LogP contribution is -2.48. The third-order valence-electron chi connectivity index (χ3n) is 3.88. The minimum atomic E-state index is -3.20. The van der Waals surface area contributed by atoms with Gasteiger partial charge in [0.2, 0.25) is 11.7 Å². The molecule has 0 bridgehead atoms. The minimum Gasteiger partial charge on any atom is -0.444 e. The number of hydrogen-bond donors (Lipinski definition) is 2. The monoisotopic (exact) mass is 361 g/mol. The zero-order valence-electron chi connectivity index (χ0n) is 14.9. The summed E-state index contributed by atoms with van der Waals surface area (Å²) in [5, 5.41) is 16.7. The normalized spacial score (nSPS) is 24.8. The van der Waals surface area contributed by atoms with Gasteiger partial charge in [0.15, 0.2) is 0 Å². The van der Waals surface area contributed by atoms with Crippen molar-refractivity contribution >= 4 is 6.09 Å². The number of halogens is 2. The molecule has 7 nitrogen and oxygen atoms in total. The lowest BCUT2D eigenvalue weighted by atomic mass is 9.79. The number of carbonyl (C=O) groups excluding carboxylic acids is 1. The Balaban J connectivity index is 1.96. The third kappa shape index (κ3) is 5.91. The maximum Gasteiger partial charge on any atom is 0.407 e. The maximum atomic E-state index is 13.2. The van der Waals surface area contributed by atoms with Crippen LogP contribution in [-0.2, 0) is 17.1 Å². The molecule has 2 N–H and O–H groups in total. The topological polar surface area (TPSA) is 97.5 Å². The summed E-state index contributed by atoms with van der Waals surface area (Å²) in [5.41, 5.74) is -1.81. The number of amides is 1. The van der Waals surface area contributed by atoms with Crippen LogP contribution in [0.5, 0.6) is 0 Å². The number of alkyl halides is 2. The van der Waals surface area contributed by atoms with E-state index in [4.69, 9.17) is 9.26 Å². The Morgan fingerprint density at radius 3 is 2.68 bits per heavy atom. The molecule has 25 heavy (non-hydrogen) atoms. The van der Waals surface area contributed by atoms with Crippen LogP contribution < -0.4 is 5.32 Å². The summed E-state index contributed by atoms with van der Waals surface area (Å²) in [5.74, 6) is -3.94. The Morgan fingerprint density at radius 1 is 1.44 bits per heavy atom. The largest absolute Gasteiger partial charge is 0.444 e. The number of ether oxygens (including phenoxy) is 1. The van der Waals surface area contributed by atoms with Crippen molar-refractivity contribution in [1.29, 1.82) is 0 Å². The standard InChI is InChI=1S/C16H25F2N3O4/c1-14(2,3)24-13(22)19-10-6-5-7-16(23,8-10)9-11-20-12(21-25-11)15(4,17)18/h10,23H,5-9H2,1-4H3,(H,19,22)/t10-,16+/m0/s1. The number of carbonyl (C=O) groups is 1. The Labute approximate surface area is 145 Å². The van der Waals surface area contributed by atoms with Gasteiger partial charge in [-0.1, -0.05) is 5.16 Å². The molecule has 1 heterocycles. The maximum absolute atomic E-state index is 13.2. The van der Waals surface area contributed by atoms with E-state index in [1.165, 1.54) is 0 Å². The smallest absolute Gasteiger partial charge is 0.407 e. The van der Waals surface area contributed by atoms with E-state index < -0.39 is 29.0 Å². The third-order valence-corrected chi connectivity index (χ3v) is 3.88. The predicted molar refractivity (Wildman–Crippen MR) is 84.1 cm³/mol. The van der Waals surface area contributed by atoms with Crippen LogP contribution >= 0.6 is 0 Å². The second kappa shape index (κ2) is 6.86. The van der Waals surface area contributed by atoms with Crippen molar-refractivity contribution in [3.05, 3.63) is 11.7 Å². The molecule has 1 amide bonds. The first-order valence-corrected chi connectivity index (χ1v) is 8.29. The van der Waals surface area contributed by atoms with Crippen molar-refractivity contribution in [2.45, 2.75) is 83.0 Å². The van der Waals surface area contributed by atoms with Gasteiger partial charge in [-0.25, -0.2) is 4.79 Å². The Hall–Kier alpha value is -1.77. The average Bonchev–Trinajstić information content (AvgIpc) is 2.83. The average molecular weight is 361 g/mol. The fraction of sp³-hybridized carbons (Fsp3) is 0.812. The van der Waals surface area contributed by atoms with Gasteiger partial charge in [0.25, 0.3) is 0 Å². The van der Waals surface area contributed by atoms with E-state index in [9.17, 15) is 18.7 Å². The van der Waals surface area contributed by atoms with Gasteiger partial charge in [0.1, 0.15) is 5.60 Å². The molecule has 0 radical (unpaired) electrons. The molecule has 9 heteroatoms. The second-order valence-corrected chi connectivity index (χ2v) is 7.74. The quantitative estimate of drug-likeness (QED) is 0.856. The van der Waals surface area contributed by atoms with Crippen LogP contribution in [0.4, 0.5) is 13.6 Å². The van der Waals surface area contributed by atoms with Crippen molar-refractivity contribution in [1.82, 2.24) is 15.5 Å². The van der Waals surface area contributed by atoms with Gasteiger partial charge in [-0.15, -0.1) is 0 Å². The molecular weight excluding hydrogens is 336 g/mol. The van der Waals surface area contributed by atoms with E-state index in [1.807, 2.05) is 0 Å². The van der Waals surface area contributed by atoms with Crippen LogP contribution in [0, 0.1) is 0 Å². The van der Waals surface area contributed by atoms with Gasteiger partial charge in [-0.05, 0) is 46.5 Å². The molecule has 142 valence electrons. The highest BCUT2D eigenvalue weighted by Crippen LogP contribution is 2.32. The summed E-state index contributed by atoms with van der Waals surface area (Å²) < 4.78 is 36.4. The first-order valence-electron chi connectivity index (χ1n) is 8.29. The minimum absolute atomic E-state index is 0.0391. The summed E-state index contributed by atoms with van der Waals surface area (Å²) >= 11 is 0. The first-order chi connectivity index (χ1) is 11.4. The van der Waals surface area contributed by atoms with Gasteiger partial charge in [0.05, 0.1) is 12.0 Å². The molecule has 0 spiro atoms. The summed E-state index contributed by atoms with van der Waals surface area (Å²) in [7, 11) is 0. The predicted octanol–water partition coefficient (Wildman–Crippen LogP) is 2.92. The highest BCUT2D eigenvalue weighted by atomic mass is 19.3. The van der Waals surface area contributed by atoms with E-state index in [1.54, 1.807) is 20.8 Å². The van der Waals surface area contributed by atoms with Crippen LogP contribution in [0.25, 0.3) is 0 Å². The molecule has 1 saturated carbocycles. The van der Waals surface area contributed by atoms with Crippen molar-refractivity contribution in [2.24, 2.45) is 0 Å². The van der Waals surface area contributed by atoms with Crippen molar-refractivity contribution in [3.8, 4) is 0 Å². The van der Waals surface area contributed by atoms with Gasteiger partial charge in [-0.2, -0.15) is 13.8 Å². The molecule has 0 aliphatic heterocycles. The van der Waals surface area contributed by atoms with E-state index in [2.05, 4.69) is 15.5 Å². The van der Waals surface area contributed by atoms with E-state index in [-0.39, 0.29) is 24.8 Å². The molecule has 1 aliphatic rings. The molecule has 0 aromatic carbocycles.